The van der Waals surface area contributed by atoms with Crippen LogP contribution in [0.5, 0.6) is 0 Å². The first-order chi connectivity index (χ1) is 8.99. The van der Waals surface area contributed by atoms with Crippen molar-refractivity contribution in [2.75, 3.05) is 24.3 Å². The van der Waals surface area contributed by atoms with Gasteiger partial charge in [-0.1, -0.05) is 17.7 Å². The minimum atomic E-state index is 0.155. The molecule has 0 saturated heterocycles. The Morgan fingerprint density at radius 3 is 2.68 bits per heavy atom. The monoisotopic (exact) mass is 295 g/mol. The Kier molecular flexibility index (Phi) is 4.32. The molecule has 1 N–H and O–H groups in total. The number of rotatable bonds is 4. The third kappa shape index (κ3) is 3.19. The molecule has 0 spiro atoms. The second kappa shape index (κ2) is 5.80. The molecular formula is C14H18ClN3S. The highest BCUT2D eigenvalue weighted by molar-refractivity contribution is 7.09. The van der Waals surface area contributed by atoms with Crippen LogP contribution in [0.2, 0.25) is 5.02 Å². The van der Waals surface area contributed by atoms with Crippen molar-refractivity contribution in [3.8, 4) is 0 Å². The second-order valence-electron chi connectivity index (χ2n) is 4.69. The van der Waals surface area contributed by atoms with Gasteiger partial charge in [0.2, 0.25) is 0 Å². The summed E-state index contributed by atoms with van der Waals surface area (Å²) in [5, 5.41) is 7.40. The molecule has 1 aromatic carbocycles. The van der Waals surface area contributed by atoms with Crippen LogP contribution >= 0.6 is 22.9 Å². The molecule has 1 heterocycles. The molecule has 0 aliphatic rings. The van der Waals surface area contributed by atoms with Gasteiger partial charge in [0.1, 0.15) is 0 Å². The third-order valence-corrected chi connectivity index (χ3v) is 3.98. The number of nitrogens with one attached hydrogen (secondary N) is 1. The maximum atomic E-state index is 6.26. The molecule has 102 valence electrons. The summed E-state index contributed by atoms with van der Waals surface area (Å²) in [6, 6.07) is 6.05. The minimum absolute atomic E-state index is 0.155. The lowest BCUT2D eigenvalue weighted by Crippen LogP contribution is -2.14. The average molecular weight is 296 g/mol. The smallest absolute Gasteiger partial charge is 0.0898 e. The van der Waals surface area contributed by atoms with Crippen molar-refractivity contribution in [3.63, 3.8) is 0 Å². The Labute approximate surface area is 123 Å². The predicted molar refractivity (Wildman–Crippen MR) is 84.7 cm³/mol. The fourth-order valence-corrected chi connectivity index (χ4v) is 3.02. The lowest BCUT2D eigenvalue weighted by atomic mass is 10.2. The first-order valence-corrected chi connectivity index (χ1v) is 7.39. The largest absolute Gasteiger partial charge is 0.375 e. The molecule has 1 atom stereocenters. The summed E-state index contributed by atoms with van der Waals surface area (Å²) in [7, 11) is 3.98. The number of aromatic nitrogens is 1. The van der Waals surface area contributed by atoms with E-state index in [0.717, 1.165) is 27.1 Å². The van der Waals surface area contributed by atoms with E-state index >= 15 is 0 Å². The fraction of sp³-hybridized carbons (Fsp3) is 0.357. The lowest BCUT2D eigenvalue weighted by molar-refractivity contribution is 0.844. The number of nitrogens with zero attached hydrogens (tertiary/aromatic N) is 2. The summed E-state index contributed by atoms with van der Waals surface area (Å²) < 4.78 is 0. The van der Waals surface area contributed by atoms with E-state index in [0.29, 0.717) is 0 Å². The van der Waals surface area contributed by atoms with Crippen LogP contribution in [0.3, 0.4) is 0 Å². The van der Waals surface area contributed by atoms with Crippen LogP contribution in [-0.2, 0) is 0 Å². The number of benzene rings is 1. The lowest BCUT2D eigenvalue weighted by Gasteiger charge is -2.22. The van der Waals surface area contributed by atoms with Crippen molar-refractivity contribution in [2.24, 2.45) is 0 Å². The van der Waals surface area contributed by atoms with Crippen LogP contribution in [-0.4, -0.2) is 19.1 Å². The topological polar surface area (TPSA) is 28.2 Å². The van der Waals surface area contributed by atoms with Crippen LogP contribution in [0, 0.1) is 6.92 Å². The second-order valence-corrected chi connectivity index (χ2v) is 6.16. The minimum Gasteiger partial charge on any atom is -0.375 e. The van der Waals surface area contributed by atoms with E-state index in [1.165, 1.54) is 0 Å². The van der Waals surface area contributed by atoms with Crippen molar-refractivity contribution < 1.29 is 0 Å². The molecule has 0 aliphatic carbocycles. The molecule has 0 fully saturated rings. The van der Waals surface area contributed by atoms with E-state index in [1.54, 1.807) is 11.3 Å². The Morgan fingerprint density at radius 2 is 2.11 bits per heavy atom. The third-order valence-electron chi connectivity index (χ3n) is 2.89. The van der Waals surface area contributed by atoms with Crippen molar-refractivity contribution in [1.82, 2.24) is 4.98 Å². The molecule has 0 radical (unpaired) electrons. The number of aryl methyl sites for hydroxylation is 1. The van der Waals surface area contributed by atoms with E-state index in [9.17, 15) is 0 Å². The van der Waals surface area contributed by atoms with Gasteiger partial charge >= 0.3 is 0 Å². The van der Waals surface area contributed by atoms with E-state index < -0.39 is 0 Å². The standard InChI is InChI=1S/C14H18ClN3S/c1-9(13-8-19-10(2)17-13)16-12-7-5-6-11(15)14(12)18(3)4/h5-9,16H,1-4H3. The molecule has 19 heavy (non-hydrogen) atoms. The zero-order chi connectivity index (χ0) is 14.0. The number of anilines is 2. The molecule has 3 nitrogen and oxygen atoms in total. The molecule has 0 saturated carbocycles. The maximum Gasteiger partial charge on any atom is 0.0898 e. The van der Waals surface area contributed by atoms with Crippen molar-refractivity contribution >= 4 is 34.3 Å². The Bertz CT molecular complexity index is 566. The Hall–Kier alpha value is -1.26. The van der Waals surface area contributed by atoms with Gasteiger partial charge in [0.15, 0.2) is 0 Å². The molecule has 1 aromatic heterocycles. The molecule has 2 rings (SSSR count). The van der Waals surface area contributed by atoms with Gasteiger partial charge in [-0.15, -0.1) is 11.3 Å². The quantitative estimate of drug-likeness (QED) is 0.909. The highest BCUT2D eigenvalue weighted by Crippen LogP contribution is 2.34. The van der Waals surface area contributed by atoms with Gasteiger partial charge in [-0.2, -0.15) is 0 Å². The molecule has 0 bridgehead atoms. The first-order valence-electron chi connectivity index (χ1n) is 6.13. The normalized spacial score (nSPS) is 12.3. The summed E-state index contributed by atoms with van der Waals surface area (Å²) in [4.78, 5) is 6.53. The SMILES string of the molecule is Cc1nc(C(C)Nc2cccc(Cl)c2N(C)C)cs1. The number of hydrogen-bond donors (Lipinski definition) is 1. The fourth-order valence-electron chi connectivity index (χ4n) is 1.97. The van der Waals surface area contributed by atoms with Crippen molar-refractivity contribution in [1.29, 1.82) is 0 Å². The molecule has 1 unspecified atom stereocenters. The molecule has 5 heteroatoms. The first kappa shape index (κ1) is 14.2. The van der Waals surface area contributed by atoms with Crippen LogP contribution in [0.25, 0.3) is 0 Å². The number of hydrogen-bond acceptors (Lipinski definition) is 4. The molecule has 2 aromatic rings. The van der Waals surface area contributed by atoms with Gasteiger partial charge in [-0.05, 0) is 26.0 Å². The van der Waals surface area contributed by atoms with Gasteiger partial charge in [-0.3, -0.25) is 0 Å². The zero-order valence-corrected chi connectivity index (χ0v) is 13.1. The molecule has 0 aliphatic heterocycles. The maximum absolute atomic E-state index is 6.26. The molecular weight excluding hydrogens is 278 g/mol. The summed E-state index contributed by atoms with van der Waals surface area (Å²) in [5.41, 5.74) is 3.09. The summed E-state index contributed by atoms with van der Waals surface area (Å²) in [6.07, 6.45) is 0. The van der Waals surface area contributed by atoms with E-state index in [4.69, 9.17) is 11.6 Å². The van der Waals surface area contributed by atoms with Gasteiger partial charge in [0.05, 0.1) is 33.1 Å². The van der Waals surface area contributed by atoms with Crippen molar-refractivity contribution in [3.05, 3.63) is 39.3 Å². The number of halogens is 1. The van der Waals surface area contributed by atoms with Gasteiger partial charge in [0, 0.05) is 19.5 Å². The van der Waals surface area contributed by atoms with Crippen LogP contribution in [0.1, 0.15) is 23.7 Å². The number of thiazole rings is 1. The van der Waals surface area contributed by atoms with Crippen LogP contribution < -0.4 is 10.2 Å². The summed E-state index contributed by atoms with van der Waals surface area (Å²) in [6.45, 7) is 4.13. The van der Waals surface area contributed by atoms with Crippen LogP contribution in [0.4, 0.5) is 11.4 Å². The van der Waals surface area contributed by atoms with E-state index in [1.807, 2.05) is 44.1 Å². The highest BCUT2D eigenvalue weighted by atomic mass is 35.5. The van der Waals surface area contributed by atoms with Crippen LogP contribution in [0.15, 0.2) is 23.6 Å². The Balaban J connectivity index is 2.26. The highest BCUT2D eigenvalue weighted by Gasteiger charge is 2.13. The molecule has 0 amide bonds. The van der Waals surface area contributed by atoms with Gasteiger partial charge < -0.3 is 10.2 Å². The number of para-hydroxylation sites is 1. The summed E-state index contributed by atoms with van der Waals surface area (Å²) in [5.74, 6) is 0. The van der Waals surface area contributed by atoms with E-state index in [-0.39, 0.29) is 6.04 Å². The van der Waals surface area contributed by atoms with Gasteiger partial charge in [0.25, 0.3) is 0 Å². The van der Waals surface area contributed by atoms with Crippen molar-refractivity contribution in [2.45, 2.75) is 19.9 Å². The summed E-state index contributed by atoms with van der Waals surface area (Å²) >= 11 is 7.93. The zero-order valence-electron chi connectivity index (χ0n) is 11.6. The van der Waals surface area contributed by atoms with Gasteiger partial charge in [-0.25, -0.2) is 4.98 Å². The average Bonchev–Trinajstić information content (AvgIpc) is 2.75. The Morgan fingerprint density at radius 1 is 1.37 bits per heavy atom. The van der Waals surface area contributed by atoms with E-state index in [2.05, 4.69) is 22.6 Å². The predicted octanol–water partition coefficient (Wildman–Crippen LogP) is 4.34.